The van der Waals surface area contributed by atoms with E-state index in [0.29, 0.717) is 5.82 Å². The van der Waals surface area contributed by atoms with E-state index in [1.807, 2.05) is 42.5 Å². The van der Waals surface area contributed by atoms with Crippen LogP contribution in [0.5, 0.6) is 0 Å². The van der Waals surface area contributed by atoms with E-state index in [0.717, 1.165) is 28.5 Å². The average molecular weight is 276 g/mol. The molecule has 0 unspecified atom stereocenters. The molecule has 0 aliphatic rings. The van der Waals surface area contributed by atoms with Crippen LogP contribution < -0.4 is 5.43 Å². The lowest BCUT2D eigenvalue weighted by atomic mass is 10.1. The van der Waals surface area contributed by atoms with E-state index in [1.165, 1.54) is 0 Å². The summed E-state index contributed by atoms with van der Waals surface area (Å²) in [5.74, 6) is 0.676. The Morgan fingerprint density at radius 2 is 1.81 bits per heavy atom. The molecule has 0 bridgehead atoms. The lowest BCUT2D eigenvalue weighted by Gasteiger charge is -2.06. The van der Waals surface area contributed by atoms with E-state index in [1.54, 1.807) is 6.20 Å². The molecule has 0 aliphatic carbocycles. The molecule has 0 radical (unpaired) electrons. The zero-order valence-corrected chi connectivity index (χ0v) is 11.8. The molecule has 4 nitrogen and oxygen atoms in total. The fraction of sp³-hybridized carbons (Fsp3) is 0.118. The molecule has 3 rings (SSSR count). The maximum absolute atomic E-state index is 4.50. The van der Waals surface area contributed by atoms with Gasteiger partial charge in [-0.25, -0.2) is 0 Å². The van der Waals surface area contributed by atoms with Crippen LogP contribution in [0.1, 0.15) is 18.9 Å². The van der Waals surface area contributed by atoms with Crippen LogP contribution in [0.15, 0.2) is 65.9 Å². The third-order valence-corrected chi connectivity index (χ3v) is 3.31. The number of nitrogens with one attached hydrogen (secondary N) is 1. The Labute approximate surface area is 123 Å². The summed E-state index contributed by atoms with van der Waals surface area (Å²) < 4.78 is 0. The molecule has 1 N–H and O–H groups in total. The Bertz CT molecular complexity index is 761. The second-order valence-corrected chi connectivity index (χ2v) is 4.67. The Kier molecular flexibility index (Phi) is 3.87. The topological polar surface area (TPSA) is 50.2 Å². The number of hydrogen-bond acceptors (Lipinski definition) is 4. The molecule has 0 saturated carbocycles. The van der Waals surface area contributed by atoms with Crippen LogP contribution >= 0.6 is 0 Å². The van der Waals surface area contributed by atoms with Gasteiger partial charge >= 0.3 is 0 Å². The van der Waals surface area contributed by atoms with Crippen LogP contribution in [0.2, 0.25) is 0 Å². The standard InChI is InChI=1S/C17H16N4/c1-2-16(13-8-4-3-5-9-13)19-21-17-15-11-7-6-10-14(15)12-18-20-17/h3-12H,2H2,1H3,(H,20,21)/b19-16-. The van der Waals surface area contributed by atoms with Gasteiger partial charge < -0.3 is 0 Å². The largest absolute Gasteiger partial charge is 0.259 e. The monoisotopic (exact) mass is 276 g/mol. The number of hydrazone groups is 1. The summed E-state index contributed by atoms with van der Waals surface area (Å²) >= 11 is 0. The molecule has 1 aromatic heterocycles. The molecule has 0 atom stereocenters. The van der Waals surface area contributed by atoms with Crippen LogP contribution in [0.4, 0.5) is 5.82 Å². The van der Waals surface area contributed by atoms with Gasteiger partial charge in [0.25, 0.3) is 0 Å². The van der Waals surface area contributed by atoms with Crippen molar-refractivity contribution >= 4 is 22.3 Å². The number of aromatic nitrogens is 2. The summed E-state index contributed by atoms with van der Waals surface area (Å²) in [7, 11) is 0. The molecule has 0 spiro atoms. The second kappa shape index (κ2) is 6.13. The van der Waals surface area contributed by atoms with Crippen LogP contribution in [-0.2, 0) is 0 Å². The number of rotatable bonds is 4. The number of hydrogen-bond donors (Lipinski definition) is 1. The number of benzene rings is 2. The number of anilines is 1. The van der Waals surface area contributed by atoms with E-state index >= 15 is 0 Å². The normalized spacial score (nSPS) is 11.6. The number of fused-ring (bicyclic) bond motifs is 1. The molecule has 2 aromatic carbocycles. The first-order valence-electron chi connectivity index (χ1n) is 6.97. The predicted molar refractivity (Wildman–Crippen MR) is 86.4 cm³/mol. The van der Waals surface area contributed by atoms with Crippen molar-refractivity contribution in [3.05, 3.63) is 66.4 Å². The lowest BCUT2D eigenvalue weighted by molar-refractivity contribution is 1.04. The molecule has 0 fully saturated rings. The van der Waals surface area contributed by atoms with Gasteiger partial charge in [0.15, 0.2) is 5.82 Å². The van der Waals surface area contributed by atoms with Crippen LogP contribution in [0.25, 0.3) is 10.8 Å². The van der Waals surface area contributed by atoms with Crippen molar-refractivity contribution in [2.75, 3.05) is 5.43 Å². The molecule has 3 aromatic rings. The van der Waals surface area contributed by atoms with Gasteiger partial charge in [-0.2, -0.15) is 10.2 Å². The Morgan fingerprint density at radius 3 is 2.62 bits per heavy atom. The van der Waals surface area contributed by atoms with Crippen molar-refractivity contribution in [1.82, 2.24) is 10.2 Å². The van der Waals surface area contributed by atoms with Crippen molar-refractivity contribution in [3.63, 3.8) is 0 Å². The van der Waals surface area contributed by atoms with Gasteiger partial charge in [0.2, 0.25) is 0 Å². The molecule has 104 valence electrons. The fourth-order valence-electron chi connectivity index (χ4n) is 2.21. The molecule has 4 heteroatoms. The van der Waals surface area contributed by atoms with Gasteiger partial charge in [0.1, 0.15) is 0 Å². The molecule has 21 heavy (non-hydrogen) atoms. The highest BCUT2D eigenvalue weighted by Gasteiger charge is 2.03. The van der Waals surface area contributed by atoms with E-state index in [-0.39, 0.29) is 0 Å². The lowest BCUT2D eigenvalue weighted by Crippen LogP contribution is -2.04. The van der Waals surface area contributed by atoms with E-state index < -0.39 is 0 Å². The van der Waals surface area contributed by atoms with Crippen LogP contribution in [0, 0.1) is 0 Å². The highest BCUT2D eigenvalue weighted by atomic mass is 15.3. The molecule has 0 amide bonds. The minimum Gasteiger partial charge on any atom is -0.259 e. The number of nitrogens with zero attached hydrogens (tertiary/aromatic N) is 3. The van der Waals surface area contributed by atoms with Crippen molar-refractivity contribution in [1.29, 1.82) is 0 Å². The maximum atomic E-state index is 4.50. The zero-order chi connectivity index (χ0) is 14.5. The summed E-state index contributed by atoms with van der Waals surface area (Å²) in [5, 5.41) is 14.7. The van der Waals surface area contributed by atoms with Gasteiger partial charge in [0.05, 0.1) is 11.9 Å². The Hall–Kier alpha value is -2.75. The van der Waals surface area contributed by atoms with Crippen molar-refractivity contribution in [2.24, 2.45) is 5.10 Å². The summed E-state index contributed by atoms with van der Waals surface area (Å²) in [5.41, 5.74) is 5.15. The Morgan fingerprint density at radius 1 is 1.05 bits per heavy atom. The van der Waals surface area contributed by atoms with Crippen molar-refractivity contribution in [3.8, 4) is 0 Å². The highest BCUT2D eigenvalue weighted by Crippen LogP contribution is 2.19. The molecule has 0 aliphatic heterocycles. The van der Waals surface area contributed by atoms with E-state index in [2.05, 4.69) is 39.8 Å². The smallest absolute Gasteiger partial charge is 0.176 e. The Balaban J connectivity index is 1.93. The van der Waals surface area contributed by atoms with Gasteiger partial charge in [0, 0.05) is 10.8 Å². The minimum atomic E-state index is 0.676. The van der Waals surface area contributed by atoms with Gasteiger partial charge in [-0.3, -0.25) is 5.43 Å². The SMILES string of the molecule is CC/C(=N/Nc1nncc2ccccc12)c1ccccc1. The fourth-order valence-corrected chi connectivity index (χ4v) is 2.21. The van der Waals surface area contributed by atoms with Crippen LogP contribution in [0.3, 0.4) is 0 Å². The summed E-state index contributed by atoms with van der Waals surface area (Å²) in [6.45, 7) is 2.09. The van der Waals surface area contributed by atoms with Gasteiger partial charge in [-0.05, 0) is 12.0 Å². The maximum Gasteiger partial charge on any atom is 0.176 e. The summed E-state index contributed by atoms with van der Waals surface area (Å²) in [6, 6.07) is 18.1. The first-order valence-corrected chi connectivity index (χ1v) is 6.97. The average Bonchev–Trinajstić information content (AvgIpc) is 2.56. The zero-order valence-electron chi connectivity index (χ0n) is 11.8. The minimum absolute atomic E-state index is 0.676. The van der Waals surface area contributed by atoms with Crippen molar-refractivity contribution in [2.45, 2.75) is 13.3 Å². The van der Waals surface area contributed by atoms with Gasteiger partial charge in [-0.15, -0.1) is 5.10 Å². The molecular weight excluding hydrogens is 260 g/mol. The first kappa shape index (κ1) is 13.2. The van der Waals surface area contributed by atoms with Crippen LogP contribution in [-0.4, -0.2) is 15.9 Å². The molecule has 0 saturated heterocycles. The first-order chi connectivity index (χ1) is 10.4. The summed E-state index contributed by atoms with van der Waals surface area (Å²) in [6.07, 6.45) is 2.59. The van der Waals surface area contributed by atoms with Gasteiger partial charge in [-0.1, -0.05) is 61.5 Å². The quantitative estimate of drug-likeness (QED) is 0.581. The predicted octanol–water partition coefficient (Wildman–Crippen LogP) is 3.86. The van der Waals surface area contributed by atoms with E-state index in [9.17, 15) is 0 Å². The highest BCUT2D eigenvalue weighted by molar-refractivity contribution is 6.01. The third-order valence-electron chi connectivity index (χ3n) is 3.31. The molecule has 1 heterocycles. The second-order valence-electron chi connectivity index (χ2n) is 4.67. The van der Waals surface area contributed by atoms with Crippen molar-refractivity contribution < 1.29 is 0 Å². The summed E-state index contributed by atoms with van der Waals surface area (Å²) in [4.78, 5) is 0. The third kappa shape index (κ3) is 2.89. The molecular formula is C17H16N4. The van der Waals surface area contributed by atoms with E-state index in [4.69, 9.17) is 0 Å².